The van der Waals surface area contributed by atoms with Crippen LogP contribution in [-0.4, -0.2) is 53.9 Å². The van der Waals surface area contributed by atoms with Gasteiger partial charge in [0, 0.05) is 12.6 Å². The summed E-state index contributed by atoms with van der Waals surface area (Å²) in [5, 5.41) is 7.27. The molecule has 2 heterocycles. The zero-order valence-electron chi connectivity index (χ0n) is 19.4. The molecule has 1 amide bonds. The predicted molar refractivity (Wildman–Crippen MR) is 129 cm³/mol. The van der Waals surface area contributed by atoms with Gasteiger partial charge < -0.3 is 14.8 Å². The van der Waals surface area contributed by atoms with Crippen molar-refractivity contribution in [2.24, 2.45) is 0 Å². The molecule has 34 heavy (non-hydrogen) atoms. The van der Waals surface area contributed by atoms with Gasteiger partial charge in [0.2, 0.25) is 0 Å². The van der Waals surface area contributed by atoms with E-state index in [9.17, 15) is 9.59 Å². The van der Waals surface area contributed by atoms with Crippen LogP contribution < -0.4 is 20.3 Å². The van der Waals surface area contributed by atoms with Gasteiger partial charge in [-0.3, -0.25) is 14.5 Å². The number of likely N-dealkylation sites (tertiary alicyclic amines) is 1. The molecule has 0 saturated carbocycles. The van der Waals surface area contributed by atoms with Crippen LogP contribution in [0.5, 0.6) is 11.5 Å². The summed E-state index contributed by atoms with van der Waals surface area (Å²) in [6, 6.07) is 20.2. The highest BCUT2D eigenvalue weighted by atomic mass is 16.5. The Balaban J connectivity index is 1.40. The van der Waals surface area contributed by atoms with Gasteiger partial charge in [0.05, 0.1) is 19.7 Å². The van der Waals surface area contributed by atoms with Crippen LogP contribution in [0.15, 0.2) is 71.5 Å². The molecule has 1 aliphatic rings. The molecular formula is C26H30N4O4. The maximum Gasteiger partial charge on any atom is 0.271 e. The van der Waals surface area contributed by atoms with Crippen LogP contribution in [0, 0.1) is 0 Å². The number of carbonyl (C=O) groups excluding carboxylic acids is 1. The fourth-order valence-corrected chi connectivity index (χ4v) is 4.11. The first-order valence-corrected chi connectivity index (χ1v) is 11.6. The molecule has 1 fully saturated rings. The molecule has 0 bridgehead atoms. The molecule has 8 nitrogen and oxygen atoms in total. The number of ether oxygens (including phenoxy) is 2. The third-order valence-corrected chi connectivity index (χ3v) is 5.95. The van der Waals surface area contributed by atoms with Crippen LogP contribution in [0.1, 0.15) is 34.9 Å². The van der Waals surface area contributed by atoms with Crippen molar-refractivity contribution in [1.82, 2.24) is 20.0 Å². The first-order chi connectivity index (χ1) is 16.6. The minimum Gasteiger partial charge on any atom is -0.497 e. The lowest BCUT2D eigenvalue weighted by atomic mass is 10.1. The van der Waals surface area contributed by atoms with Crippen molar-refractivity contribution in [3.05, 3.63) is 88.3 Å². The van der Waals surface area contributed by atoms with E-state index in [0.717, 1.165) is 43.0 Å². The maximum absolute atomic E-state index is 12.9. The number of benzene rings is 2. The molecule has 3 aromatic rings. The van der Waals surface area contributed by atoms with Crippen LogP contribution >= 0.6 is 0 Å². The first kappa shape index (κ1) is 23.5. The Kier molecular flexibility index (Phi) is 7.93. The van der Waals surface area contributed by atoms with E-state index in [-0.39, 0.29) is 36.4 Å². The highest BCUT2D eigenvalue weighted by Gasteiger charge is 2.24. The number of rotatable bonds is 10. The molecule has 2 aromatic carbocycles. The van der Waals surface area contributed by atoms with Crippen molar-refractivity contribution < 1.29 is 14.3 Å². The number of para-hydroxylation sites is 1. The molecule has 0 aliphatic carbocycles. The SMILES string of the molecule is COc1ccc([C@H](CNC(=O)c2ccc(=O)n(CCOc3ccccc3)n2)N2CCCC2)cc1. The van der Waals surface area contributed by atoms with Gasteiger partial charge in [0.15, 0.2) is 0 Å². The van der Waals surface area contributed by atoms with Gasteiger partial charge in [0.25, 0.3) is 11.5 Å². The number of hydrogen-bond donors (Lipinski definition) is 1. The first-order valence-electron chi connectivity index (χ1n) is 11.6. The minimum atomic E-state index is -0.310. The predicted octanol–water partition coefficient (Wildman–Crippen LogP) is 2.90. The van der Waals surface area contributed by atoms with E-state index >= 15 is 0 Å². The second-order valence-electron chi connectivity index (χ2n) is 8.18. The van der Waals surface area contributed by atoms with E-state index in [0.29, 0.717) is 6.54 Å². The van der Waals surface area contributed by atoms with Gasteiger partial charge >= 0.3 is 0 Å². The smallest absolute Gasteiger partial charge is 0.271 e. The molecule has 0 unspecified atom stereocenters. The molecule has 0 spiro atoms. The Morgan fingerprint density at radius 1 is 1.00 bits per heavy atom. The molecule has 1 aromatic heterocycles. The second-order valence-corrected chi connectivity index (χ2v) is 8.18. The number of aromatic nitrogens is 2. The zero-order valence-corrected chi connectivity index (χ0v) is 19.4. The molecule has 178 valence electrons. The van der Waals surface area contributed by atoms with Crippen LogP contribution in [-0.2, 0) is 6.54 Å². The molecule has 8 heteroatoms. The van der Waals surface area contributed by atoms with E-state index in [1.54, 1.807) is 7.11 Å². The fourth-order valence-electron chi connectivity index (χ4n) is 4.11. The van der Waals surface area contributed by atoms with Crippen molar-refractivity contribution in [1.29, 1.82) is 0 Å². The lowest BCUT2D eigenvalue weighted by molar-refractivity contribution is 0.0930. The Labute approximate surface area is 199 Å². The lowest BCUT2D eigenvalue weighted by Crippen LogP contribution is -2.38. The van der Waals surface area contributed by atoms with E-state index in [4.69, 9.17) is 9.47 Å². The topological polar surface area (TPSA) is 85.7 Å². The highest BCUT2D eigenvalue weighted by Crippen LogP contribution is 2.26. The van der Waals surface area contributed by atoms with Gasteiger partial charge in [-0.2, -0.15) is 5.10 Å². The number of amides is 1. The summed E-state index contributed by atoms with van der Waals surface area (Å²) in [5.74, 6) is 1.21. The van der Waals surface area contributed by atoms with Gasteiger partial charge in [-0.05, 0) is 61.8 Å². The van der Waals surface area contributed by atoms with Crippen molar-refractivity contribution in [3.63, 3.8) is 0 Å². The third kappa shape index (κ3) is 6.02. The Morgan fingerprint density at radius 2 is 1.74 bits per heavy atom. The Hall–Kier alpha value is -3.65. The summed E-state index contributed by atoms with van der Waals surface area (Å²) >= 11 is 0. The van der Waals surface area contributed by atoms with E-state index < -0.39 is 0 Å². The number of hydrogen-bond acceptors (Lipinski definition) is 6. The average Bonchev–Trinajstić information content (AvgIpc) is 3.41. The third-order valence-electron chi connectivity index (χ3n) is 5.95. The molecule has 1 N–H and O–H groups in total. The summed E-state index contributed by atoms with van der Waals surface area (Å²) < 4.78 is 12.2. The van der Waals surface area contributed by atoms with E-state index in [1.807, 2.05) is 54.6 Å². The molecule has 0 radical (unpaired) electrons. The molecule has 1 saturated heterocycles. The fraction of sp³-hybridized carbons (Fsp3) is 0.346. The second kappa shape index (κ2) is 11.5. The van der Waals surface area contributed by atoms with Gasteiger partial charge in [0.1, 0.15) is 23.8 Å². The summed E-state index contributed by atoms with van der Waals surface area (Å²) in [4.78, 5) is 27.5. The quantitative estimate of drug-likeness (QED) is 0.499. The lowest BCUT2D eigenvalue weighted by Gasteiger charge is -2.28. The molecule has 1 atom stereocenters. The Morgan fingerprint density at radius 3 is 2.44 bits per heavy atom. The molecule has 4 rings (SSSR count). The van der Waals surface area contributed by atoms with Crippen LogP contribution in [0.4, 0.5) is 0 Å². The largest absolute Gasteiger partial charge is 0.497 e. The van der Waals surface area contributed by atoms with E-state index in [1.165, 1.54) is 16.8 Å². The number of nitrogens with zero attached hydrogens (tertiary/aromatic N) is 3. The van der Waals surface area contributed by atoms with E-state index in [2.05, 4.69) is 15.3 Å². The molecular weight excluding hydrogens is 432 g/mol. The zero-order chi connectivity index (χ0) is 23.8. The van der Waals surface area contributed by atoms with Gasteiger partial charge in [-0.15, -0.1) is 0 Å². The summed E-state index contributed by atoms with van der Waals surface area (Å²) in [5.41, 5.74) is 1.05. The summed E-state index contributed by atoms with van der Waals surface area (Å²) in [6.45, 7) is 2.96. The van der Waals surface area contributed by atoms with Crippen molar-refractivity contribution in [3.8, 4) is 11.5 Å². The standard InChI is InChI=1S/C26H30N4O4/c1-33-21-11-9-20(10-12-21)24(29-15-5-6-16-29)19-27-26(32)23-13-14-25(31)30(28-23)17-18-34-22-7-3-2-4-8-22/h2-4,7-14,24H,5-6,15-19H2,1H3,(H,27,32)/t24-/m0/s1. The number of carbonyl (C=O) groups is 1. The number of methoxy groups -OCH3 is 1. The van der Waals surface area contributed by atoms with Gasteiger partial charge in [-0.1, -0.05) is 30.3 Å². The van der Waals surface area contributed by atoms with Crippen molar-refractivity contribution in [2.75, 3.05) is 33.4 Å². The highest BCUT2D eigenvalue weighted by molar-refractivity contribution is 5.92. The average molecular weight is 463 g/mol. The minimum absolute atomic E-state index is 0.0579. The Bertz CT molecular complexity index is 1130. The maximum atomic E-state index is 12.9. The summed E-state index contributed by atoms with van der Waals surface area (Å²) in [7, 11) is 1.65. The normalized spacial score (nSPS) is 14.5. The van der Waals surface area contributed by atoms with Crippen molar-refractivity contribution in [2.45, 2.75) is 25.4 Å². The van der Waals surface area contributed by atoms with Crippen LogP contribution in [0.2, 0.25) is 0 Å². The van der Waals surface area contributed by atoms with Gasteiger partial charge in [-0.25, -0.2) is 4.68 Å². The molecule has 1 aliphatic heterocycles. The number of nitrogens with one attached hydrogen (secondary N) is 1. The summed E-state index contributed by atoms with van der Waals surface area (Å²) in [6.07, 6.45) is 2.30. The van der Waals surface area contributed by atoms with Crippen LogP contribution in [0.25, 0.3) is 0 Å². The van der Waals surface area contributed by atoms with Crippen molar-refractivity contribution >= 4 is 5.91 Å². The van der Waals surface area contributed by atoms with Crippen LogP contribution in [0.3, 0.4) is 0 Å². The monoisotopic (exact) mass is 462 g/mol.